The summed E-state index contributed by atoms with van der Waals surface area (Å²) in [6.45, 7) is 20.8. The second kappa shape index (κ2) is 7.62. The van der Waals surface area contributed by atoms with E-state index >= 15 is 0 Å². The first-order valence-corrected chi connectivity index (χ1v) is 10.2. The van der Waals surface area contributed by atoms with Crippen molar-refractivity contribution in [1.82, 2.24) is 4.90 Å². The normalized spacial score (nSPS) is 23.9. The number of nitrogens with zero attached hydrogens (tertiary/aromatic N) is 1. The van der Waals surface area contributed by atoms with E-state index in [2.05, 4.69) is 13.2 Å². The molecule has 2 saturated heterocycles. The fourth-order valence-corrected chi connectivity index (χ4v) is 3.50. The highest BCUT2D eigenvalue weighted by molar-refractivity contribution is 6.62. The van der Waals surface area contributed by atoms with E-state index in [9.17, 15) is 4.79 Å². The molecule has 0 radical (unpaired) electrons. The molecular weight excluding hydrogens is 361 g/mol. The van der Waals surface area contributed by atoms with Crippen molar-refractivity contribution in [3.8, 4) is 0 Å². The van der Waals surface area contributed by atoms with Crippen LogP contribution in [0.15, 0.2) is 60.7 Å². The number of allylic oxidation sites excluding steroid dienone is 2. The second-order valence-corrected chi connectivity index (χ2v) is 9.23. The smallest absolute Gasteiger partial charge is 0.399 e. The fourth-order valence-electron chi connectivity index (χ4n) is 3.50. The largest absolute Gasteiger partial charge is 0.494 e. The van der Waals surface area contributed by atoms with Crippen LogP contribution in [0, 0.1) is 0 Å². The first-order chi connectivity index (χ1) is 13.4. The lowest BCUT2D eigenvalue weighted by Gasteiger charge is -2.43. The maximum absolute atomic E-state index is 12.8. The van der Waals surface area contributed by atoms with E-state index in [0.717, 1.165) is 22.2 Å². The van der Waals surface area contributed by atoms with Crippen LogP contribution in [-0.2, 0) is 14.1 Å². The summed E-state index contributed by atoms with van der Waals surface area (Å²) in [7, 11) is -0.383. The summed E-state index contributed by atoms with van der Waals surface area (Å²) in [5.41, 5.74) is 3.16. The molecule has 2 aliphatic rings. The van der Waals surface area contributed by atoms with Gasteiger partial charge in [-0.1, -0.05) is 55.1 Å². The summed E-state index contributed by atoms with van der Waals surface area (Å²) in [6.07, 6.45) is 3.86. The molecule has 2 aliphatic heterocycles. The van der Waals surface area contributed by atoms with E-state index in [-0.39, 0.29) is 36.2 Å². The fraction of sp³-hybridized carbons (Fsp3) is 0.458. The summed E-state index contributed by atoms with van der Waals surface area (Å²) in [4.78, 5) is 14.6. The highest BCUT2D eigenvalue weighted by atomic mass is 16.7. The molecular formula is C24H32BNO3. The van der Waals surface area contributed by atoms with E-state index in [1.54, 1.807) is 0 Å². The van der Waals surface area contributed by atoms with Crippen LogP contribution >= 0.6 is 0 Å². The Balaban J connectivity index is 1.63. The third kappa shape index (κ3) is 4.12. The lowest BCUT2D eigenvalue weighted by Crippen LogP contribution is -2.55. The minimum absolute atomic E-state index is 0.0154. The highest BCUT2D eigenvalue weighted by Crippen LogP contribution is 2.37. The van der Waals surface area contributed by atoms with Gasteiger partial charge in [0.1, 0.15) is 0 Å². The van der Waals surface area contributed by atoms with Gasteiger partial charge >= 0.3 is 7.12 Å². The van der Waals surface area contributed by atoms with E-state index in [4.69, 9.17) is 9.31 Å². The van der Waals surface area contributed by atoms with Crippen LogP contribution in [0.2, 0.25) is 0 Å². The minimum Gasteiger partial charge on any atom is -0.399 e. The summed E-state index contributed by atoms with van der Waals surface area (Å²) < 4.78 is 12.2. The van der Waals surface area contributed by atoms with Crippen LogP contribution < -0.4 is 5.46 Å². The van der Waals surface area contributed by atoms with Gasteiger partial charge in [0, 0.05) is 6.54 Å². The number of benzene rings is 1. The maximum atomic E-state index is 12.8. The standard InChI is InChI=1S/C24H32BNO3/c1-16(2)9-10-17(3)18(4)26-15-21(22(26)27)19-11-13-20(14-12-19)25-28-23(5,6)24(7,8)29-25/h9-14,18,21H,1,3,15H2,2,4-8H3/b10-9-/t18-,21?/m0/s1. The number of amides is 1. The Morgan fingerprint density at radius 1 is 1.14 bits per heavy atom. The third-order valence-corrected chi connectivity index (χ3v) is 6.41. The number of β-lactam (4-membered cyclic amide) rings is 1. The molecule has 154 valence electrons. The number of likely N-dealkylation sites (tertiary alicyclic amines) is 1. The Labute approximate surface area is 175 Å². The summed E-state index contributed by atoms with van der Waals surface area (Å²) in [6, 6.07) is 8.02. The number of carbonyl (C=O) groups excluding carboxylic acids is 1. The van der Waals surface area contributed by atoms with E-state index < -0.39 is 0 Å². The average Bonchev–Trinajstić information content (AvgIpc) is 2.86. The number of carbonyl (C=O) groups is 1. The lowest BCUT2D eigenvalue weighted by molar-refractivity contribution is -0.144. The van der Waals surface area contributed by atoms with Crippen LogP contribution in [0.5, 0.6) is 0 Å². The predicted molar refractivity (Wildman–Crippen MR) is 119 cm³/mol. The Morgan fingerprint density at radius 3 is 2.17 bits per heavy atom. The average molecular weight is 393 g/mol. The predicted octanol–water partition coefficient (Wildman–Crippen LogP) is 3.99. The quantitative estimate of drug-likeness (QED) is 0.417. The topological polar surface area (TPSA) is 38.8 Å². The first-order valence-electron chi connectivity index (χ1n) is 10.2. The zero-order chi connectivity index (χ0) is 21.6. The molecule has 0 bridgehead atoms. The van der Waals surface area contributed by atoms with Crippen LogP contribution in [0.1, 0.15) is 53.0 Å². The molecule has 1 unspecified atom stereocenters. The molecule has 2 fully saturated rings. The molecule has 3 rings (SSSR count). The summed E-state index contributed by atoms with van der Waals surface area (Å²) in [5.74, 6) is 0.0495. The Morgan fingerprint density at radius 2 is 1.69 bits per heavy atom. The van der Waals surface area contributed by atoms with Crippen molar-refractivity contribution in [2.45, 2.75) is 64.7 Å². The van der Waals surface area contributed by atoms with Crippen molar-refractivity contribution in [3.05, 3.63) is 66.3 Å². The number of rotatable bonds is 6. The van der Waals surface area contributed by atoms with Gasteiger partial charge in [0.15, 0.2) is 0 Å². The van der Waals surface area contributed by atoms with Gasteiger partial charge in [-0.25, -0.2) is 0 Å². The van der Waals surface area contributed by atoms with Crippen molar-refractivity contribution in [3.63, 3.8) is 0 Å². The first kappa shape index (κ1) is 21.6. The van der Waals surface area contributed by atoms with E-state index in [1.165, 1.54) is 0 Å². The minimum atomic E-state index is -0.383. The van der Waals surface area contributed by atoms with Gasteiger partial charge in [0.05, 0.1) is 23.2 Å². The van der Waals surface area contributed by atoms with Crippen LogP contribution in [0.25, 0.3) is 0 Å². The molecule has 2 heterocycles. The van der Waals surface area contributed by atoms with Gasteiger partial charge in [-0.2, -0.15) is 0 Å². The molecule has 0 spiro atoms. The van der Waals surface area contributed by atoms with Crippen LogP contribution in [-0.4, -0.2) is 41.7 Å². The lowest BCUT2D eigenvalue weighted by atomic mass is 9.77. The monoisotopic (exact) mass is 393 g/mol. The van der Waals surface area contributed by atoms with Crippen molar-refractivity contribution in [1.29, 1.82) is 0 Å². The molecule has 0 aliphatic carbocycles. The van der Waals surface area contributed by atoms with Crippen molar-refractivity contribution in [2.75, 3.05) is 6.54 Å². The molecule has 2 atom stereocenters. The summed E-state index contributed by atoms with van der Waals surface area (Å²) in [5, 5.41) is 0. The molecule has 0 N–H and O–H groups in total. The maximum Gasteiger partial charge on any atom is 0.494 e. The molecule has 0 saturated carbocycles. The third-order valence-electron chi connectivity index (χ3n) is 6.41. The Bertz CT molecular complexity index is 837. The molecule has 1 aromatic carbocycles. The highest BCUT2D eigenvalue weighted by Gasteiger charge is 2.51. The Hall–Kier alpha value is -2.11. The number of hydrogen-bond acceptors (Lipinski definition) is 3. The number of hydrogen-bond donors (Lipinski definition) is 0. The van der Waals surface area contributed by atoms with Crippen molar-refractivity contribution in [2.24, 2.45) is 0 Å². The van der Waals surface area contributed by atoms with Crippen molar-refractivity contribution >= 4 is 18.5 Å². The van der Waals surface area contributed by atoms with Gasteiger partial charge in [-0.3, -0.25) is 4.79 Å². The molecule has 1 aromatic rings. The molecule has 4 nitrogen and oxygen atoms in total. The summed E-state index contributed by atoms with van der Waals surface area (Å²) >= 11 is 0. The zero-order valence-electron chi connectivity index (χ0n) is 18.5. The van der Waals surface area contributed by atoms with Gasteiger partial charge in [-0.15, -0.1) is 0 Å². The van der Waals surface area contributed by atoms with Crippen molar-refractivity contribution < 1.29 is 14.1 Å². The SMILES string of the molecule is C=C(C)/C=C\C(=C)[C@H](C)N1CC(c2ccc(B3OC(C)(C)C(C)(C)O3)cc2)C1=O. The van der Waals surface area contributed by atoms with E-state index in [1.807, 2.05) is 82.9 Å². The van der Waals surface area contributed by atoms with Gasteiger partial charge in [0.2, 0.25) is 5.91 Å². The van der Waals surface area contributed by atoms with E-state index in [0.29, 0.717) is 6.54 Å². The zero-order valence-corrected chi connectivity index (χ0v) is 18.5. The molecule has 29 heavy (non-hydrogen) atoms. The molecule has 5 heteroatoms. The van der Waals surface area contributed by atoms with Crippen LogP contribution in [0.4, 0.5) is 0 Å². The Kier molecular flexibility index (Phi) is 5.68. The second-order valence-electron chi connectivity index (χ2n) is 9.23. The van der Waals surface area contributed by atoms with Gasteiger partial charge < -0.3 is 14.2 Å². The molecule has 1 amide bonds. The van der Waals surface area contributed by atoms with Gasteiger partial charge in [-0.05, 0) is 58.1 Å². The van der Waals surface area contributed by atoms with Gasteiger partial charge in [0.25, 0.3) is 0 Å². The molecule has 0 aromatic heterocycles. The van der Waals surface area contributed by atoms with Crippen LogP contribution in [0.3, 0.4) is 0 Å².